The lowest BCUT2D eigenvalue weighted by molar-refractivity contribution is -0.384. The second-order valence-electron chi connectivity index (χ2n) is 5.23. The zero-order valence-electron chi connectivity index (χ0n) is 12.6. The number of nitrogens with one attached hydrogen (secondary N) is 1. The van der Waals surface area contributed by atoms with Gasteiger partial charge >= 0.3 is 5.69 Å². The van der Waals surface area contributed by atoms with Crippen LogP contribution in [0.15, 0.2) is 17.6 Å². The van der Waals surface area contributed by atoms with Crippen LogP contribution < -0.4 is 5.32 Å². The van der Waals surface area contributed by atoms with Crippen LogP contribution in [0.5, 0.6) is 0 Å². The maximum Gasteiger partial charge on any atom is 0.314 e. The molecular weight excluding hydrogens is 304 g/mol. The van der Waals surface area contributed by atoms with Crippen molar-refractivity contribution in [1.82, 2.24) is 9.97 Å². The Hall–Kier alpha value is -2.06. The monoisotopic (exact) mass is 322 g/mol. The van der Waals surface area contributed by atoms with E-state index in [1.807, 2.05) is 19.2 Å². The van der Waals surface area contributed by atoms with Gasteiger partial charge in [-0.25, -0.2) is 9.97 Å². The van der Waals surface area contributed by atoms with Crippen LogP contribution in [0.1, 0.15) is 42.1 Å². The van der Waals surface area contributed by atoms with Crippen molar-refractivity contribution in [3.05, 3.63) is 44.0 Å². The first-order valence-electron chi connectivity index (χ1n) is 6.86. The number of aliphatic hydroxyl groups is 1. The number of thiazole rings is 1. The van der Waals surface area contributed by atoms with E-state index in [0.29, 0.717) is 17.2 Å². The summed E-state index contributed by atoms with van der Waals surface area (Å²) in [6, 6.07) is 1.05. The third-order valence-corrected chi connectivity index (χ3v) is 4.36. The van der Waals surface area contributed by atoms with Crippen LogP contribution in [0.2, 0.25) is 0 Å². The van der Waals surface area contributed by atoms with E-state index in [1.54, 1.807) is 13.0 Å². The molecule has 0 aromatic carbocycles. The van der Waals surface area contributed by atoms with Gasteiger partial charge in [0.2, 0.25) is 5.82 Å². The Bertz CT molecular complexity index is 672. The van der Waals surface area contributed by atoms with E-state index >= 15 is 0 Å². The highest BCUT2D eigenvalue weighted by Gasteiger charge is 2.23. The highest BCUT2D eigenvalue weighted by atomic mass is 32.1. The zero-order valence-corrected chi connectivity index (χ0v) is 13.4. The fourth-order valence-electron chi connectivity index (χ4n) is 1.99. The molecule has 2 heterocycles. The second-order valence-corrected chi connectivity index (χ2v) is 6.12. The minimum absolute atomic E-state index is 0.0831. The van der Waals surface area contributed by atoms with E-state index in [9.17, 15) is 15.2 Å². The molecule has 8 heteroatoms. The Morgan fingerprint density at radius 2 is 2.23 bits per heavy atom. The number of nitro groups is 1. The van der Waals surface area contributed by atoms with Crippen LogP contribution in [0.25, 0.3) is 0 Å². The van der Waals surface area contributed by atoms with Gasteiger partial charge < -0.3 is 10.4 Å². The maximum atomic E-state index is 11.2. The first-order valence-corrected chi connectivity index (χ1v) is 7.74. The number of hydrogen-bond acceptors (Lipinski definition) is 7. The van der Waals surface area contributed by atoms with Crippen molar-refractivity contribution < 1.29 is 10.0 Å². The molecule has 0 aliphatic rings. The minimum atomic E-state index is -0.531. The van der Waals surface area contributed by atoms with Crippen molar-refractivity contribution in [2.45, 2.75) is 32.7 Å². The average molecular weight is 322 g/mol. The van der Waals surface area contributed by atoms with Gasteiger partial charge in [-0.2, -0.15) is 0 Å². The molecule has 0 saturated carbocycles. The molecule has 118 valence electrons. The summed E-state index contributed by atoms with van der Waals surface area (Å²) in [5.41, 5.74) is 1.09. The number of aryl methyl sites for hydroxylation is 1. The first-order chi connectivity index (χ1) is 10.4. The standard InChI is InChI=1S/C14H18N4O3S/c1-8(2)14-17-11(7-22-14)10(6-19)16-13-12(18(20)21)9(3)4-5-15-13/h4-5,7-8,10,19H,6H2,1-3H3,(H,15,16)/t10-/m0/s1. The molecule has 0 fully saturated rings. The van der Waals surface area contributed by atoms with Crippen molar-refractivity contribution in [1.29, 1.82) is 0 Å². The highest BCUT2D eigenvalue weighted by Crippen LogP contribution is 2.30. The number of pyridine rings is 1. The fraction of sp³-hybridized carbons (Fsp3) is 0.429. The van der Waals surface area contributed by atoms with Gasteiger partial charge in [0.05, 0.1) is 28.3 Å². The molecule has 0 saturated heterocycles. The SMILES string of the molecule is Cc1ccnc(N[C@@H](CO)c2csc(C(C)C)n2)c1[N+](=O)[O-]. The summed E-state index contributed by atoms with van der Waals surface area (Å²) in [4.78, 5) is 19.2. The number of rotatable bonds is 6. The first kappa shape index (κ1) is 16.3. The smallest absolute Gasteiger partial charge is 0.314 e. The third-order valence-electron chi connectivity index (χ3n) is 3.19. The predicted octanol–water partition coefficient (Wildman–Crippen LogP) is 3.02. The Balaban J connectivity index is 2.31. The normalized spacial score (nSPS) is 12.4. The summed E-state index contributed by atoms with van der Waals surface area (Å²) < 4.78 is 0. The number of aliphatic hydroxyl groups excluding tert-OH is 1. The molecule has 1 atom stereocenters. The molecule has 0 aliphatic carbocycles. The molecule has 0 spiro atoms. The Kier molecular flexibility index (Phi) is 5.04. The summed E-state index contributed by atoms with van der Waals surface area (Å²) in [6.07, 6.45) is 1.50. The topological polar surface area (TPSA) is 101 Å². The van der Waals surface area contributed by atoms with Crippen molar-refractivity contribution >= 4 is 22.8 Å². The Morgan fingerprint density at radius 3 is 2.77 bits per heavy atom. The van der Waals surface area contributed by atoms with Crippen LogP contribution >= 0.6 is 11.3 Å². The molecule has 2 aromatic heterocycles. The molecule has 2 rings (SSSR count). The number of nitrogens with zero attached hydrogens (tertiary/aromatic N) is 3. The Morgan fingerprint density at radius 1 is 1.50 bits per heavy atom. The number of aromatic nitrogens is 2. The molecule has 2 N–H and O–H groups in total. The quantitative estimate of drug-likeness (QED) is 0.626. The molecule has 22 heavy (non-hydrogen) atoms. The third kappa shape index (κ3) is 3.40. The average Bonchev–Trinajstić information content (AvgIpc) is 2.94. The van der Waals surface area contributed by atoms with Gasteiger partial charge in [0.15, 0.2) is 0 Å². The van der Waals surface area contributed by atoms with E-state index in [2.05, 4.69) is 15.3 Å². The molecule has 0 amide bonds. The van der Waals surface area contributed by atoms with Gasteiger partial charge in [-0.1, -0.05) is 13.8 Å². The summed E-state index contributed by atoms with van der Waals surface area (Å²) in [6.45, 7) is 5.50. The lowest BCUT2D eigenvalue weighted by Gasteiger charge is -2.15. The molecule has 0 aliphatic heterocycles. The predicted molar refractivity (Wildman–Crippen MR) is 85.3 cm³/mol. The van der Waals surface area contributed by atoms with E-state index < -0.39 is 11.0 Å². The second kappa shape index (κ2) is 6.80. The summed E-state index contributed by atoms with van der Waals surface area (Å²) >= 11 is 1.51. The van der Waals surface area contributed by atoms with Crippen LogP contribution in [0, 0.1) is 17.0 Å². The van der Waals surface area contributed by atoms with Crippen LogP contribution in [-0.2, 0) is 0 Å². The van der Waals surface area contributed by atoms with Crippen molar-refractivity contribution in [3.63, 3.8) is 0 Å². The lowest BCUT2D eigenvalue weighted by Crippen LogP contribution is -2.17. The van der Waals surface area contributed by atoms with Gasteiger partial charge in [0.1, 0.15) is 0 Å². The van der Waals surface area contributed by atoms with Crippen molar-refractivity contribution in [2.75, 3.05) is 11.9 Å². The maximum absolute atomic E-state index is 11.2. The molecule has 7 nitrogen and oxygen atoms in total. The molecule has 0 bridgehead atoms. The summed E-state index contributed by atoms with van der Waals surface area (Å²) in [5.74, 6) is 0.438. The minimum Gasteiger partial charge on any atom is -0.394 e. The van der Waals surface area contributed by atoms with E-state index in [-0.39, 0.29) is 18.1 Å². The van der Waals surface area contributed by atoms with E-state index in [0.717, 1.165) is 5.01 Å². The van der Waals surface area contributed by atoms with Gasteiger partial charge in [-0.05, 0) is 13.0 Å². The van der Waals surface area contributed by atoms with Crippen molar-refractivity contribution in [2.24, 2.45) is 0 Å². The van der Waals surface area contributed by atoms with Crippen molar-refractivity contribution in [3.8, 4) is 0 Å². The molecule has 2 aromatic rings. The fourth-order valence-corrected chi connectivity index (χ4v) is 2.88. The molecular formula is C14H18N4O3S. The number of hydrogen-bond donors (Lipinski definition) is 2. The lowest BCUT2D eigenvalue weighted by atomic mass is 10.2. The number of anilines is 1. The zero-order chi connectivity index (χ0) is 16.3. The highest BCUT2D eigenvalue weighted by molar-refractivity contribution is 7.09. The summed E-state index contributed by atoms with van der Waals surface area (Å²) in [5, 5.41) is 26.5. The van der Waals surface area contributed by atoms with Gasteiger partial charge in [-0.3, -0.25) is 10.1 Å². The van der Waals surface area contributed by atoms with Gasteiger partial charge in [0, 0.05) is 23.1 Å². The Labute approximate surface area is 132 Å². The van der Waals surface area contributed by atoms with Crippen LogP contribution in [0.3, 0.4) is 0 Å². The van der Waals surface area contributed by atoms with Gasteiger partial charge in [0.25, 0.3) is 0 Å². The molecule has 0 unspecified atom stereocenters. The summed E-state index contributed by atoms with van der Waals surface area (Å²) in [7, 11) is 0. The van der Waals surface area contributed by atoms with E-state index in [4.69, 9.17) is 0 Å². The van der Waals surface area contributed by atoms with E-state index in [1.165, 1.54) is 17.5 Å². The van der Waals surface area contributed by atoms with Crippen LogP contribution in [-0.4, -0.2) is 26.6 Å². The van der Waals surface area contributed by atoms with Crippen LogP contribution in [0.4, 0.5) is 11.5 Å². The largest absolute Gasteiger partial charge is 0.394 e. The van der Waals surface area contributed by atoms with Gasteiger partial charge in [-0.15, -0.1) is 11.3 Å². The molecule has 0 radical (unpaired) electrons.